The van der Waals surface area contributed by atoms with E-state index in [1.165, 1.54) is 18.9 Å². The predicted molar refractivity (Wildman–Crippen MR) is 89.4 cm³/mol. The van der Waals surface area contributed by atoms with Gasteiger partial charge in [0.2, 0.25) is 5.91 Å². The monoisotopic (exact) mass is 318 g/mol. The van der Waals surface area contributed by atoms with Crippen molar-refractivity contribution >= 4 is 11.8 Å². The number of rotatable bonds is 5. The Labute approximate surface area is 137 Å². The number of phenols is 1. The summed E-state index contributed by atoms with van der Waals surface area (Å²) < 4.78 is 0. The Morgan fingerprint density at radius 1 is 1.22 bits per heavy atom. The highest BCUT2D eigenvalue weighted by Gasteiger charge is 2.30. The minimum Gasteiger partial charge on any atom is -0.508 e. The lowest BCUT2D eigenvalue weighted by Crippen LogP contribution is -2.55. The van der Waals surface area contributed by atoms with Crippen LogP contribution in [0.5, 0.6) is 5.75 Å². The van der Waals surface area contributed by atoms with Crippen LogP contribution >= 0.6 is 0 Å². The zero-order chi connectivity index (χ0) is 17.0. The lowest BCUT2D eigenvalue weighted by molar-refractivity contribution is -0.126. The highest BCUT2D eigenvalue weighted by molar-refractivity contribution is 5.99. The molecule has 0 unspecified atom stereocenters. The third-order valence-electron chi connectivity index (χ3n) is 4.34. The molecule has 5 heteroatoms. The normalized spacial score (nSPS) is 15.4. The van der Waals surface area contributed by atoms with Crippen LogP contribution in [0.15, 0.2) is 18.2 Å². The van der Waals surface area contributed by atoms with Crippen molar-refractivity contribution in [3.8, 4) is 5.75 Å². The maximum Gasteiger partial charge on any atom is 0.252 e. The third kappa shape index (κ3) is 4.71. The van der Waals surface area contributed by atoms with Gasteiger partial charge < -0.3 is 15.7 Å². The Hall–Kier alpha value is -2.04. The topological polar surface area (TPSA) is 78.4 Å². The number of phenolic OH excluding ortho intramolecular Hbond substituents is 1. The van der Waals surface area contributed by atoms with Crippen molar-refractivity contribution in [1.82, 2.24) is 10.6 Å². The number of aromatic hydroxyl groups is 1. The molecule has 0 heterocycles. The van der Waals surface area contributed by atoms with E-state index in [4.69, 9.17) is 0 Å². The van der Waals surface area contributed by atoms with Gasteiger partial charge in [-0.05, 0) is 63.3 Å². The first kappa shape index (κ1) is 17.3. The van der Waals surface area contributed by atoms with Crippen LogP contribution in [0.2, 0.25) is 0 Å². The average molecular weight is 318 g/mol. The van der Waals surface area contributed by atoms with Gasteiger partial charge in [-0.15, -0.1) is 0 Å². The van der Waals surface area contributed by atoms with Crippen molar-refractivity contribution in [2.75, 3.05) is 6.54 Å². The molecule has 1 fully saturated rings. The summed E-state index contributed by atoms with van der Waals surface area (Å²) in [6.07, 6.45) is 4.79. The second kappa shape index (κ2) is 7.02. The summed E-state index contributed by atoms with van der Waals surface area (Å²) in [5.74, 6) is 0.0393. The number of amides is 2. The lowest BCUT2D eigenvalue weighted by Gasteiger charge is -2.26. The van der Waals surface area contributed by atoms with E-state index in [0.717, 1.165) is 18.4 Å². The Morgan fingerprint density at radius 2 is 1.87 bits per heavy atom. The Kier molecular flexibility index (Phi) is 5.29. The van der Waals surface area contributed by atoms with Crippen molar-refractivity contribution < 1.29 is 14.7 Å². The molecule has 1 aromatic rings. The highest BCUT2D eigenvalue weighted by atomic mass is 16.3. The molecule has 0 radical (unpaired) electrons. The van der Waals surface area contributed by atoms with Crippen molar-refractivity contribution in [3.05, 3.63) is 29.3 Å². The van der Waals surface area contributed by atoms with Gasteiger partial charge >= 0.3 is 0 Å². The van der Waals surface area contributed by atoms with Crippen LogP contribution < -0.4 is 10.6 Å². The lowest BCUT2D eigenvalue weighted by atomic mass is 10.0. The van der Waals surface area contributed by atoms with Gasteiger partial charge in [0.15, 0.2) is 0 Å². The predicted octanol–water partition coefficient (Wildman–Crippen LogP) is 2.52. The summed E-state index contributed by atoms with van der Waals surface area (Å²) in [7, 11) is 0. The summed E-state index contributed by atoms with van der Waals surface area (Å²) >= 11 is 0. The van der Waals surface area contributed by atoms with Gasteiger partial charge in [0.05, 0.1) is 0 Å². The van der Waals surface area contributed by atoms with Crippen molar-refractivity contribution in [2.45, 2.75) is 52.0 Å². The summed E-state index contributed by atoms with van der Waals surface area (Å²) in [6.45, 7) is 5.84. The van der Waals surface area contributed by atoms with Gasteiger partial charge in [-0.1, -0.05) is 12.8 Å². The molecule has 2 amide bonds. The van der Waals surface area contributed by atoms with E-state index in [1.54, 1.807) is 32.9 Å². The van der Waals surface area contributed by atoms with Crippen LogP contribution in [0.25, 0.3) is 0 Å². The molecule has 1 aromatic carbocycles. The van der Waals surface area contributed by atoms with Gasteiger partial charge in [-0.3, -0.25) is 9.59 Å². The summed E-state index contributed by atoms with van der Waals surface area (Å²) in [4.78, 5) is 24.7. The van der Waals surface area contributed by atoms with E-state index in [0.29, 0.717) is 18.0 Å². The first-order chi connectivity index (χ1) is 10.8. The van der Waals surface area contributed by atoms with Crippen LogP contribution in [0.3, 0.4) is 0 Å². The first-order valence-corrected chi connectivity index (χ1v) is 8.19. The summed E-state index contributed by atoms with van der Waals surface area (Å²) in [6, 6.07) is 4.66. The molecule has 3 N–H and O–H groups in total. The second-order valence-electron chi connectivity index (χ2n) is 7.00. The zero-order valence-electron chi connectivity index (χ0n) is 14.1. The van der Waals surface area contributed by atoms with Gasteiger partial charge in [0.25, 0.3) is 5.91 Å². The van der Waals surface area contributed by atoms with Crippen LogP contribution in [0.4, 0.5) is 0 Å². The van der Waals surface area contributed by atoms with Gasteiger partial charge in [0.1, 0.15) is 11.3 Å². The fourth-order valence-electron chi connectivity index (χ4n) is 2.98. The molecule has 2 rings (SSSR count). The van der Waals surface area contributed by atoms with Crippen LogP contribution in [0.1, 0.15) is 55.5 Å². The molecular formula is C18H26N2O3. The smallest absolute Gasteiger partial charge is 0.252 e. The number of carbonyl (C=O) groups is 2. The van der Waals surface area contributed by atoms with Gasteiger partial charge in [0, 0.05) is 12.1 Å². The molecule has 1 saturated carbocycles. The molecule has 23 heavy (non-hydrogen) atoms. The second-order valence-corrected chi connectivity index (χ2v) is 7.00. The number of nitrogens with one attached hydrogen (secondary N) is 2. The Bertz CT molecular complexity index is 570. The summed E-state index contributed by atoms with van der Waals surface area (Å²) in [5, 5.41) is 15.3. The van der Waals surface area contributed by atoms with E-state index in [1.807, 2.05) is 0 Å². The maximum absolute atomic E-state index is 12.3. The number of benzene rings is 1. The largest absolute Gasteiger partial charge is 0.508 e. The van der Waals surface area contributed by atoms with E-state index in [-0.39, 0.29) is 17.6 Å². The van der Waals surface area contributed by atoms with Crippen LogP contribution in [-0.2, 0) is 4.79 Å². The van der Waals surface area contributed by atoms with Crippen molar-refractivity contribution in [2.24, 2.45) is 5.92 Å². The fraction of sp³-hybridized carbons (Fsp3) is 0.556. The Balaban J connectivity index is 1.95. The highest BCUT2D eigenvalue weighted by Crippen LogP contribution is 2.24. The van der Waals surface area contributed by atoms with E-state index in [2.05, 4.69) is 10.6 Å². The number of aryl methyl sites for hydroxylation is 1. The fourth-order valence-corrected chi connectivity index (χ4v) is 2.98. The zero-order valence-corrected chi connectivity index (χ0v) is 14.1. The molecule has 1 aliphatic carbocycles. The minimum atomic E-state index is -1.00. The van der Waals surface area contributed by atoms with E-state index < -0.39 is 5.54 Å². The molecule has 0 spiro atoms. The Morgan fingerprint density at radius 3 is 2.48 bits per heavy atom. The van der Waals surface area contributed by atoms with Crippen LogP contribution in [-0.4, -0.2) is 29.0 Å². The number of hydrogen-bond acceptors (Lipinski definition) is 3. The van der Waals surface area contributed by atoms with Crippen molar-refractivity contribution in [3.63, 3.8) is 0 Å². The van der Waals surface area contributed by atoms with Crippen molar-refractivity contribution in [1.29, 1.82) is 0 Å². The molecule has 0 saturated heterocycles. The third-order valence-corrected chi connectivity index (χ3v) is 4.34. The summed E-state index contributed by atoms with van der Waals surface area (Å²) in [5.41, 5.74) is 0.132. The van der Waals surface area contributed by atoms with Gasteiger partial charge in [-0.25, -0.2) is 0 Å². The molecule has 0 aromatic heterocycles. The average Bonchev–Trinajstić information content (AvgIpc) is 2.96. The molecule has 0 aliphatic heterocycles. The van der Waals surface area contributed by atoms with Gasteiger partial charge in [-0.2, -0.15) is 0 Å². The number of hydrogen-bond donors (Lipinski definition) is 3. The molecular weight excluding hydrogens is 292 g/mol. The molecule has 1 aliphatic rings. The first-order valence-electron chi connectivity index (χ1n) is 8.19. The molecule has 0 atom stereocenters. The van der Waals surface area contributed by atoms with E-state index >= 15 is 0 Å². The standard InChI is InChI=1S/C18H26N2O3/c1-12-8-14(10-15(21)9-12)16(22)20-18(2,3)17(23)19-11-13-6-4-5-7-13/h8-10,13,21H,4-7,11H2,1-3H3,(H,19,23)(H,20,22). The molecule has 126 valence electrons. The molecule has 0 bridgehead atoms. The van der Waals surface area contributed by atoms with E-state index in [9.17, 15) is 14.7 Å². The number of carbonyl (C=O) groups excluding carboxylic acids is 2. The SMILES string of the molecule is Cc1cc(O)cc(C(=O)NC(C)(C)C(=O)NCC2CCCC2)c1. The maximum atomic E-state index is 12.3. The minimum absolute atomic E-state index is 0.0404. The van der Waals surface area contributed by atoms with Crippen LogP contribution in [0, 0.1) is 12.8 Å². The molecule has 5 nitrogen and oxygen atoms in total. The quantitative estimate of drug-likeness (QED) is 0.780.